The third-order valence-corrected chi connectivity index (χ3v) is 7.21. The smallest absolute Gasteiger partial charge is 0.136 e. The summed E-state index contributed by atoms with van der Waals surface area (Å²) < 4.78 is 13.9. The molecule has 0 saturated heterocycles. The molecule has 2 aliphatic heterocycles. The molecular weight excluding hydrogens is 448 g/mol. The van der Waals surface area contributed by atoms with E-state index in [0.717, 1.165) is 60.5 Å². The summed E-state index contributed by atoms with van der Waals surface area (Å²) >= 11 is 3.71. The van der Waals surface area contributed by atoms with Gasteiger partial charge in [-0.15, -0.1) is 0 Å². The highest BCUT2D eigenvalue weighted by Crippen LogP contribution is 2.50. The van der Waals surface area contributed by atoms with E-state index in [1.54, 1.807) is 0 Å². The minimum atomic E-state index is 0.875. The summed E-state index contributed by atoms with van der Waals surface area (Å²) in [6.45, 7) is 2.18. The molecule has 3 heteroatoms. The van der Waals surface area contributed by atoms with Crippen LogP contribution in [0.2, 0.25) is 0 Å². The molecule has 5 aromatic rings. The minimum Gasteiger partial charge on any atom is -0.456 e. The Kier molecular flexibility index (Phi) is 3.43. The first-order valence-electron chi connectivity index (χ1n) is 10.5. The van der Waals surface area contributed by atoms with Crippen LogP contribution < -0.4 is 0 Å². The molecule has 7 rings (SSSR count). The predicted octanol–water partition coefficient (Wildman–Crippen LogP) is 9.02. The third-order valence-electron chi connectivity index (χ3n) is 6.52. The minimum absolute atomic E-state index is 0.875. The fourth-order valence-corrected chi connectivity index (χ4v) is 5.46. The van der Waals surface area contributed by atoms with Gasteiger partial charge in [-0.05, 0) is 71.0 Å². The van der Waals surface area contributed by atoms with Crippen molar-refractivity contribution in [3.05, 3.63) is 82.8 Å². The fourth-order valence-electron chi connectivity index (χ4n) is 5.00. The second-order valence-corrected chi connectivity index (χ2v) is 8.99. The van der Waals surface area contributed by atoms with Crippen LogP contribution in [0.1, 0.15) is 12.5 Å². The van der Waals surface area contributed by atoms with Gasteiger partial charge in [-0.2, -0.15) is 0 Å². The molecule has 31 heavy (non-hydrogen) atoms. The molecule has 0 unspecified atom stereocenters. The normalized spacial score (nSPS) is 12.3. The van der Waals surface area contributed by atoms with Crippen molar-refractivity contribution in [2.75, 3.05) is 0 Å². The van der Waals surface area contributed by atoms with Crippen LogP contribution in [-0.2, 0) is 6.42 Å². The van der Waals surface area contributed by atoms with Gasteiger partial charge < -0.3 is 8.83 Å². The van der Waals surface area contributed by atoms with E-state index in [1.165, 1.54) is 22.1 Å². The van der Waals surface area contributed by atoms with Gasteiger partial charge >= 0.3 is 0 Å². The molecule has 2 aliphatic rings. The zero-order chi connectivity index (χ0) is 20.7. The van der Waals surface area contributed by atoms with Crippen LogP contribution >= 0.6 is 15.9 Å². The monoisotopic (exact) mass is 464 g/mol. The Morgan fingerprint density at radius 2 is 1.19 bits per heavy atom. The second-order valence-electron chi connectivity index (χ2n) is 8.13. The maximum atomic E-state index is 6.44. The molecule has 0 spiro atoms. The van der Waals surface area contributed by atoms with E-state index in [0.29, 0.717) is 0 Å². The predicted molar refractivity (Wildman–Crippen MR) is 131 cm³/mol. The van der Waals surface area contributed by atoms with Crippen molar-refractivity contribution in [1.29, 1.82) is 0 Å². The molecule has 0 radical (unpaired) electrons. The first kappa shape index (κ1) is 17.4. The SMILES string of the molecule is CCc1ccc(-c2ccc3oc4ccc5c(Br)ccc6oc7ccc2c3c7-c4c65)cc1. The van der Waals surface area contributed by atoms with Crippen LogP contribution in [0.5, 0.6) is 0 Å². The summed E-state index contributed by atoms with van der Waals surface area (Å²) in [4.78, 5) is 0. The molecule has 0 bridgehead atoms. The van der Waals surface area contributed by atoms with Gasteiger partial charge in [-0.1, -0.05) is 53.2 Å². The van der Waals surface area contributed by atoms with Gasteiger partial charge in [0.25, 0.3) is 0 Å². The summed E-state index contributed by atoms with van der Waals surface area (Å²) in [7, 11) is 0. The van der Waals surface area contributed by atoms with Crippen molar-refractivity contribution >= 4 is 59.8 Å². The molecule has 2 nitrogen and oxygen atoms in total. The fraction of sp³-hybridized carbons (Fsp3) is 0.0714. The Balaban J connectivity index is 1.66. The van der Waals surface area contributed by atoms with Crippen molar-refractivity contribution in [2.24, 2.45) is 0 Å². The number of aryl methyl sites for hydroxylation is 1. The van der Waals surface area contributed by atoms with E-state index in [-0.39, 0.29) is 0 Å². The molecule has 0 saturated carbocycles. The van der Waals surface area contributed by atoms with Crippen molar-refractivity contribution < 1.29 is 8.83 Å². The molecule has 0 N–H and O–H groups in total. The van der Waals surface area contributed by atoms with E-state index < -0.39 is 0 Å². The molecule has 0 aromatic heterocycles. The van der Waals surface area contributed by atoms with Crippen molar-refractivity contribution in [3.8, 4) is 22.3 Å². The molecule has 148 valence electrons. The van der Waals surface area contributed by atoms with Crippen molar-refractivity contribution in [3.63, 3.8) is 0 Å². The Morgan fingerprint density at radius 3 is 1.87 bits per heavy atom. The maximum Gasteiger partial charge on any atom is 0.136 e. The number of rotatable bonds is 2. The van der Waals surface area contributed by atoms with Gasteiger partial charge in [0.2, 0.25) is 0 Å². The van der Waals surface area contributed by atoms with Crippen LogP contribution in [0.15, 0.2) is 86.1 Å². The first-order chi connectivity index (χ1) is 15.2. The van der Waals surface area contributed by atoms with Crippen LogP contribution in [-0.4, -0.2) is 0 Å². The molecule has 2 heterocycles. The van der Waals surface area contributed by atoms with Gasteiger partial charge in [-0.25, -0.2) is 0 Å². The zero-order valence-corrected chi connectivity index (χ0v) is 18.4. The van der Waals surface area contributed by atoms with Crippen LogP contribution in [0.3, 0.4) is 0 Å². The lowest BCUT2D eigenvalue weighted by molar-refractivity contribution is 0.646. The van der Waals surface area contributed by atoms with E-state index in [2.05, 4.69) is 83.5 Å². The molecular formula is C28H17BrO2. The Morgan fingerprint density at radius 1 is 0.613 bits per heavy atom. The van der Waals surface area contributed by atoms with Gasteiger partial charge in [0.1, 0.15) is 22.3 Å². The van der Waals surface area contributed by atoms with Crippen molar-refractivity contribution in [2.45, 2.75) is 13.3 Å². The number of halogens is 1. The highest BCUT2D eigenvalue weighted by Gasteiger charge is 2.25. The van der Waals surface area contributed by atoms with Gasteiger partial charge in [0.05, 0.1) is 0 Å². The number of hydrogen-bond acceptors (Lipinski definition) is 2. The number of benzene rings is 5. The van der Waals surface area contributed by atoms with Gasteiger partial charge in [0.15, 0.2) is 0 Å². The van der Waals surface area contributed by atoms with Gasteiger partial charge in [-0.3, -0.25) is 0 Å². The highest BCUT2D eigenvalue weighted by atomic mass is 79.9. The Bertz CT molecular complexity index is 1720. The largest absolute Gasteiger partial charge is 0.456 e. The van der Waals surface area contributed by atoms with Crippen LogP contribution in [0.4, 0.5) is 0 Å². The average molecular weight is 465 g/mol. The van der Waals surface area contributed by atoms with E-state index >= 15 is 0 Å². The number of hydrogen-bond donors (Lipinski definition) is 0. The van der Waals surface area contributed by atoms with Crippen LogP contribution in [0, 0.1) is 0 Å². The average Bonchev–Trinajstić information content (AvgIpc) is 2.82. The van der Waals surface area contributed by atoms with E-state index in [1.807, 2.05) is 12.1 Å². The summed E-state index contributed by atoms with van der Waals surface area (Å²) in [6, 6.07) is 25.6. The summed E-state index contributed by atoms with van der Waals surface area (Å²) in [5.41, 5.74) is 9.57. The zero-order valence-electron chi connectivity index (χ0n) is 16.8. The Labute approximate surface area is 186 Å². The summed E-state index contributed by atoms with van der Waals surface area (Å²) in [5, 5.41) is 4.55. The molecule has 0 amide bonds. The third kappa shape index (κ3) is 2.27. The maximum absolute atomic E-state index is 6.44. The lowest BCUT2D eigenvalue weighted by Gasteiger charge is -2.21. The Hall–Kier alpha value is -3.30. The van der Waals surface area contributed by atoms with E-state index in [4.69, 9.17) is 8.83 Å². The standard InChI is InChI=1S/C28H17BrO2/c1-2-15-3-5-16(6-4-15)17-7-11-21-25-18(17)8-12-23-27(25)28-24(30-21)13-9-19-20(29)10-14-22(31-23)26(19)28/h3-14H,2H2,1H3. The summed E-state index contributed by atoms with van der Waals surface area (Å²) in [6.07, 6.45) is 1.04. The lowest BCUT2D eigenvalue weighted by Crippen LogP contribution is -1.95. The topological polar surface area (TPSA) is 26.3 Å². The molecule has 0 aliphatic carbocycles. The first-order valence-corrected chi connectivity index (χ1v) is 11.3. The van der Waals surface area contributed by atoms with Gasteiger partial charge in [0, 0.05) is 31.8 Å². The molecule has 0 fully saturated rings. The quantitative estimate of drug-likeness (QED) is 0.188. The van der Waals surface area contributed by atoms with Crippen molar-refractivity contribution in [1.82, 2.24) is 0 Å². The molecule has 0 atom stereocenters. The van der Waals surface area contributed by atoms with E-state index in [9.17, 15) is 0 Å². The highest BCUT2D eigenvalue weighted by molar-refractivity contribution is 9.10. The second kappa shape index (κ2) is 6.12. The summed E-state index contributed by atoms with van der Waals surface area (Å²) in [5.74, 6) is 0. The van der Waals surface area contributed by atoms with Crippen LogP contribution in [0.25, 0.3) is 66.1 Å². The lowest BCUT2D eigenvalue weighted by atomic mass is 9.88. The molecule has 5 aromatic carbocycles.